The maximum Gasteiger partial charge on any atom is 0.146 e. The first-order chi connectivity index (χ1) is 8.99. The molecule has 2 rings (SSSR count). The third kappa shape index (κ3) is 3.04. The number of anilines is 1. The lowest BCUT2D eigenvalue weighted by molar-refractivity contribution is 0.620. The molecule has 0 aromatic heterocycles. The first-order valence-corrected chi connectivity index (χ1v) is 6.33. The van der Waals surface area contributed by atoms with Crippen molar-refractivity contribution in [2.45, 2.75) is 19.9 Å². The zero-order valence-corrected chi connectivity index (χ0v) is 11.4. The van der Waals surface area contributed by atoms with Crippen molar-refractivity contribution in [3.05, 3.63) is 64.2 Å². The van der Waals surface area contributed by atoms with Gasteiger partial charge < -0.3 is 5.32 Å². The van der Waals surface area contributed by atoms with E-state index in [1.54, 1.807) is 12.1 Å². The van der Waals surface area contributed by atoms with Crippen LogP contribution >= 0.6 is 11.6 Å². The Morgan fingerprint density at radius 3 is 2.47 bits per heavy atom. The molecule has 4 heteroatoms. The third-order valence-corrected chi connectivity index (χ3v) is 3.33. The number of aryl methyl sites for hydroxylation is 1. The van der Waals surface area contributed by atoms with Gasteiger partial charge in [-0.3, -0.25) is 0 Å². The molecule has 1 N–H and O–H groups in total. The van der Waals surface area contributed by atoms with Gasteiger partial charge in [-0.2, -0.15) is 0 Å². The number of halogens is 3. The Morgan fingerprint density at radius 2 is 1.84 bits per heavy atom. The molecule has 100 valence electrons. The van der Waals surface area contributed by atoms with Gasteiger partial charge in [0.25, 0.3) is 0 Å². The standard InChI is InChI=1S/C15H14ClF2N/c1-9-4-3-5-13(17)15(9)19-10(2)11-6-7-12(16)14(18)8-11/h3-8,10,19H,1-2H3. The van der Waals surface area contributed by atoms with E-state index in [2.05, 4.69) is 5.32 Å². The average Bonchev–Trinajstić information content (AvgIpc) is 2.37. The lowest BCUT2D eigenvalue weighted by Crippen LogP contribution is -2.09. The Kier molecular flexibility index (Phi) is 4.05. The van der Waals surface area contributed by atoms with Crippen LogP contribution in [-0.4, -0.2) is 0 Å². The largest absolute Gasteiger partial charge is 0.376 e. The van der Waals surface area contributed by atoms with Crippen LogP contribution in [0.25, 0.3) is 0 Å². The molecule has 2 aromatic carbocycles. The SMILES string of the molecule is Cc1cccc(F)c1NC(C)c1ccc(Cl)c(F)c1. The molecule has 1 unspecified atom stereocenters. The van der Waals surface area contributed by atoms with Crippen LogP contribution in [0.4, 0.5) is 14.5 Å². The van der Waals surface area contributed by atoms with Crippen LogP contribution in [0.15, 0.2) is 36.4 Å². The van der Waals surface area contributed by atoms with Crippen LogP contribution in [0, 0.1) is 18.6 Å². The van der Waals surface area contributed by atoms with E-state index in [4.69, 9.17) is 11.6 Å². The molecule has 2 aromatic rings. The summed E-state index contributed by atoms with van der Waals surface area (Å²) in [6, 6.07) is 9.23. The molecule has 0 fully saturated rings. The maximum atomic E-state index is 13.7. The smallest absolute Gasteiger partial charge is 0.146 e. The summed E-state index contributed by atoms with van der Waals surface area (Å²) >= 11 is 5.64. The molecule has 0 bridgehead atoms. The molecular formula is C15H14ClF2N. The highest BCUT2D eigenvalue weighted by Crippen LogP contribution is 2.26. The molecule has 0 spiro atoms. The Labute approximate surface area is 116 Å². The minimum absolute atomic E-state index is 0.0815. The monoisotopic (exact) mass is 281 g/mol. The van der Waals surface area contributed by atoms with Crippen LogP contribution in [0.3, 0.4) is 0 Å². The van der Waals surface area contributed by atoms with Crippen molar-refractivity contribution in [1.82, 2.24) is 0 Å². The predicted molar refractivity (Wildman–Crippen MR) is 74.6 cm³/mol. The molecule has 1 nitrogen and oxygen atoms in total. The van der Waals surface area contributed by atoms with Gasteiger partial charge in [-0.15, -0.1) is 0 Å². The molecule has 19 heavy (non-hydrogen) atoms. The molecule has 0 saturated heterocycles. The normalized spacial score (nSPS) is 12.3. The highest BCUT2D eigenvalue weighted by Gasteiger charge is 2.12. The van der Waals surface area contributed by atoms with Gasteiger partial charge in [-0.05, 0) is 43.2 Å². The number of nitrogens with one attached hydrogen (secondary N) is 1. The van der Waals surface area contributed by atoms with Gasteiger partial charge in [0, 0.05) is 6.04 Å². The fraction of sp³-hybridized carbons (Fsp3) is 0.200. The van der Waals surface area contributed by atoms with Crippen molar-refractivity contribution >= 4 is 17.3 Å². The second kappa shape index (κ2) is 5.57. The van der Waals surface area contributed by atoms with E-state index in [9.17, 15) is 8.78 Å². The Bertz CT molecular complexity index is 578. The summed E-state index contributed by atoms with van der Waals surface area (Å²) in [5.74, 6) is -0.792. The fourth-order valence-electron chi connectivity index (χ4n) is 1.90. The Hall–Kier alpha value is -1.61. The number of hydrogen-bond donors (Lipinski definition) is 1. The van der Waals surface area contributed by atoms with Crippen molar-refractivity contribution in [2.24, 2.45) is 0 Å². The van der Waals surface area contributed by atoms with Crippen LogP contribution in [0.5, 0.6) is 0 Å². The quantitative estimate of drug-likeness (QED) is 0.825. The van der Waals surface area contributed by atoms with Gasteiger partial charge in [0.1, 0.15) is 11.6 Å². The number of rotatable bonds is 3. The van der Waals surface area contributed by atoms with E-state index in [0.717, 1.165) is 5.56 Å². The Balaban J connectivity index is 2.25. The van der Waals surface area contributed by atoms with Crippen LogP contribution < -0.4 is 5.32 Å². The summed E-state index contributed by atoms with van der Waals surface area (Å²) in [6.07, 6.45) is 0. The van der Waals surface area contributed by atoms with E-state index in [0.29, 0.717) is 11.3 Å². The van der Waals surface area contributed by atoms with E-state index in [-0.39, 0.29) is 16.9 Å². The summed E-state index contributed by atoms with van der Waals surface area (Å²) in [7, 11) is 0. The predicted octanol–water partition coefficient (Wildman–Crippen LogP) is 5.10. The molecule has 0 radical (unpaired) electrons. The molecule has 0 aliphatic rings. The van der Waals surface area contributed by atoms with Crippen molar-refractivity contribution in [2.75, 3.05) is 5.32 Å². The van der Waals surface area contributed by atoms with Gasteiger partial charge in [0.15, 0.2) is 0 Å². The van der Waals surface area contributed by atoms with Crippen LogP contribution in [-0.2, 0) is 0 Å². The first kappa shape index (κ1) is 13.8. The summed E-state index contributed by atoms with van der Waals surface area (Å²) in [4.78, 5) is 0. The van der Waals surface area contributed by atoms with Crippen LogP contribution in [0.2, 0.25) is 5.02 Å². The lowest BCUT2D eigenvalue weighted by atomic mass is 10.1. The fourth-order valence-corrected chi connectivity index (χ4v) is 2.01. The van der Waals surface area contributed by atoms with Crippen molar-refractivity contribution in [3.8, 4) is 0 Å². The molecule has 0 aliphatic heterocycles. The number of para-hydroxylation sites is 1. The van der Waals surface area contributed by atoms with E-state index in [1.165, 1.54) is 18.2 Å². The lowest BCUT2D eigenvalue weighted by Gasteiger charge is -2.18. The topological polar surface area (TPSA) is 12.0 Å². The van der Waals surface area contributed by atoms with Gasteiger partial charge in [-0.25, -0.2) is 8.78 Å². The first-order valence-electron chi connectivity index (χ1n) is 5.95. The van der Waals surface area contributed by atoms with Crippen LogP contribution in [0.1, 0.15) is 24.1 Å². The van der Waals surface area contributed by atoms with Gasteiger partial charge in [-0.1, -0.05) is 29.8 Å². The molecule has 0 amide bonds. The molecule has 1 atom stereocenters. The van der Waals surface area contributed by atoms with Gasteiger partial charge in [0.2, 0.25) is 0 Å². The van der Waals surface area contributed by atoms with E-state index >= 15 is 0 Å². The summed E-state index contributed by atoms with van der Waals surface area (Å²) in [5.41, 5.74) is 1.95. The van der Waals surface area contributed by atoms with E-state index in [1.807, 2.05) is 19.9 Å². The second-order valence-electron chi connectivity index (χ2n) is 4.47. The highest BCUT2D eigenvalue weighted by atomic mass is 35.5. The van der Waals surface area contributed by atoms with Gasteiger partial charge in [0.05, 0.1) is 10.7 Å². The third-order valence-electron chi connectivity index (χ3n) is 3.03. The maximum absolute atomic E-state index is 13.7. The summed E-state index contributed by atoms with van der Waals surface area (Å²) < 4.78 is 27.1. The molecule has 0 heterocycles. The minimum atomic E-state index is -0.474. The van der Waals surface area contributed by atoms with Crippen molar-refractivity contribution < 1.29 is 8.78 Å². The van der Waals surface area contributed by atoms with Crippen molar-refractivity contribution in [1.29, 1.82) is 0 Å². The number of hydrogen-bond acceptors (Lipinski definition) is 1. The zero-order chi connectivity index (χ0) is 14.0. The van der Waals surface area contributed by atoms with Gasteiger partial charge >= 0.3 is 0 Å². The number of benzene rings is 2. The van der Waals surface area contributed by atoms with E-state index < -0.39 is 5.82 Å². The zero-order valence-electron chi connectivity index (χ0n) is 10.7. The summed E-state index contributed by atoms with van der Waals surface area (Å²) in [5, 5.41) is 3.14. The minimum Gasteiger partial charge on any atom is -0.376 e. The average molecular weight is 282 g/mol. The van der Waals surface area contributed by atoms with Crippen molar-refractivity contribution in [3.63, 3.8) is 0 Å². The Morgan fingerprint density at radius 1 is 1.11 bits per heavy atom. The summed E-state index contributed by atoms with van der Waals surface area (Å²) in [6.45, 7) is 3.66. The molecular weight excluding hydrogens is 268 g/mol. The second-order valence-corrected chi connectivity index (χ2v) is 4.88. The molecule has 0 aliphatic carbocycles. The molecule has 0 saturated carbocycles. The highest BCUT2D eigenvalue weighted by molar-refractivity contribution is 6.30.